The SMILES string of the molecule is COc1cccc(NC(=Nc2ccc(CCNC[C@H](O)COc3ccccc3)cc2)NC(N)=O)c1. The van der Waals surface area contributed by atoms with Gasteiger partial charge in [0, 0.05) is 18.3 Å². The molecule has 9 heteroatoms. The lowest BCUT2D eigenvalue weighted by Gasteiger charge is -2.13. The number of ether oxygens (including phenoxy) is 2. The largest absolute Gasteiger partial charge is 0.497 e. The third-order valence-corrected chi connectivity index (χ3v) is 4.91. The summed E-state index contributed by atoms with van der Waals surface area (Å²) in [6, 6.07) is 23.6. The van der Waals surface area contributed by atoms with Gasteiger partial charge in [0.15, 0.2) is 0 Å². The highest BCUT2D eigenvalue weighted by Crippen LogP contribution is 2.18. The van der Waals surface area contributed by atoms with Crippen molar-refractivity contribution in [2.24, 2.45) is 10.7 Å². The van der Waals surface area contributed by atoms with Gasteiger partial charge in [0.25, 0.3) is 0 Å². The monoisotopic (exact) mass is 477 g/mol. The number of carbonyl (C=O) groups is 1. The Hall–Kier alpha value is -4.08. The number of aliphatic hydroxyl groups excluding tert-OH is 1. The molecule has 0 aliphatic rings. The van der Waals surface area contributed by atoms with Gasteiger partial charge in [-0.2, -0.15) is 0 Å². The molecule has 9 nitrogen and oxygen atoms in total. The van der Waals surface area contributed by atoms with Gasteiger partial charge in [-0.05, 0) is 54.9 Å². The van der Waals surface area contributed by atoms with Crippen molar-refractivity contribution in [2.45, 2.75) is 12.5 Å². The van der Waals surface area contributed by atoms with Crippen LogP contribution in [0.15, 0.2) is 83.9 Å². The van der Waals surface area contributed by atoms with E-state index in [0.717, 1.165) is 17.7 Å². The molecule has 1 atom stereocenters. The second kappa shape index (κ2) is 13.6. The number of aliphatic hydroxyl groups is 1. The number of rotatable bonds is 11. The molecule has 0 unspecified atom stereocenters. The summed E-state index contributed by atoms with van der Waals surface area (Å²) in [6.07, 6.45) is 0.185. The van der Waals surface area contributed by atoms with Crippen LogP contribution in [-0.2, 0) is 6.42 Å². The van der Waals surface area contributed by atoms with Gasteiger partial charge in [-0.3, -0.25) is 5.32 Å². The van der Waals surface area contributed by atoms with Crippen LogP contribution in [0.4, 0.5) is 16.2 Å². The van der Waals surface area contributed by atoms with E-state index < -0.39 is 12.1 Å². The van der Waals surface area contributed by atoms with Crippen LogP contribution in [0.2, 0.25) is 0 Å². The summed E-state index contributed by atoms with van der Waals surface area (Å²) in [5.74, 6) is 1.61. The molecule has 184 valence electrons. The summed E-state index contributed by atoms with van der Waals surface area (Å²) >= 11 is 0. The molecule has 0 heterocycles. The van der Waals surface area contributed by atoms with E-state index in [-0.39, 0.29) is 12.6 Å². The summed E-state index contributed by atoms with van der Waals surface area (Å²) in [6.45, 7) is 1.37. The standard InChI is InChI=1S/C26H31N5O4/c1-34-24-9-5-6-21(16-24)30-26(31-25(27)33)29-20-12-10-19(11-13-20)14-15-28-17-22(32)18-35-23-7-3-2-4-8-23/h2-13,16,22,28,32H,14-15,17-18H2,1H3,(H4,27,29,30,31,33)/t22-/m0/s1. The molecule has 0 saturated heterocycles. The zero-order valence-corrected chi connectivity index (χ0v) is 19.6. The minimum atomic E-state index is -0.724. The lowest BCUT2D eigenvalue weighted by Crippen LogP contribution is -2.39. The fraction of sp³-hybridized carbons (Fsp3) is 0.231. The van der Waals surface area contributed by atoms with Crippen molar-refractivity contribution in [1.29, 1.82) is 0 Å². The van der Waals surface area contributed by atoms with E-state index in [0.29, 0.717) is 30.2 Å². The van der Waals surface area contributed by atoms with Crippen molar-refractivity contribution in [1.82, 2.24) is 10.6 Å². The van der Waals surface area contributed by atoms with Gasteiger partial charge in [0.2, 0.25) is 5.96 Å². The van der Waals surface area contributed by atoms with Crippen molar-refractivity contribution in [3.05, 3.63) is 84.4 Å². The van der Waals surface area contributed by atoms with Crippen LogP contribution in [0.3, 0.4) is 0 Å². The highest BCUT2D eigenvalue weighted by Gasteiger charge is 2.06. The number of hydrogen-bond acceptors (Lipinski definition) is 6. The van der Waals surface area contributed by atoms with Gasteiger partial charge in [-0.15, -0.1) is 0 Å². The number of methoxy groups -OCH3 is 1. The number of nitrogens with one attached hydrogen (secondary N) is 3. The van der Waals surface area contributed by atoms with E-state index in [1.165, 1.54) is 0 Å². The van der Waals surface area contributed by atoms with Crippen molar-refractivity contribution >= 4 is 23.4 Å². The average molecular weight is 478 g/mol. The first kappa shape index (κ1) is 25.5. The van der Waals surface area contributed by atoms with Crippen molar-refractivity contribution in [3.63, 3.8) is 0 Å². The molecule has 0 aromatic heterocycles. The number of benzene rings is 3. The second-order valence-electron chi connectivity index (χ2n) is 7.71. The van der Waals surface area contributed by atoms with Crippen LogP contribution in [-0.4, -0.2) is 50.0 Å². The molecular weight excluding hydrogens is 446 g/mol. The van der Waals surface area contributed by atoms with Crippen LogP contribution in [0, 0.1) is 0 Å². The maximum Gasteiger partial charge on any atom is 0.318 e. The maximum atomic E-state index is 11.4. The summed E-state index contributed by atoms with van der Waals surface area (Å²) in [5.41, 5.74) is 7.74. The Morgan fingerprint density at radius 3 is 2.49 bits per heavy atom. The Kier molecular flexibility index (Phi) is 9.91. The zero-order valence-electron chi connectivity index (χ0n) is 19.6. The summed E-state index contributed by atoms with van der Waals surface area (Å²) in [5, 5.41) is 18.8. The summed E-state index contributed by atoms with van der Waals surface area (Å²) in [4.78, 5) is 15.9. The van der Waals surface area contributed by atoms with Gasteiger partial charge in [0.1, 0.15) is 24.2 Å². The molecule has 0 fully saturated rings. The first-order valence-electron chi connectivity index (χ1n) is 11.2. The number of anilines is 1. The van der Waals surface area contributed by atoms with E-state index in [1.807, 2.05) is 72.8 Å². The van der Waals surface area contributed by atoms with Gasteiger partial charge in [-0.1, -0.05) is 36.4 Å². The maximum absolute atomic E-state index is 11.4. The molecule has 2 amide bonds. The number of aliphatic imine (C=N–C) groups is 1. The molecule has 6 N–H and O–H groups in total. The predicted octanol–water partition coefficient (Wildman–Crippen LogP) is 3.04. The number of guanidine groups is 1. The molecule has 3 aromatic rings. The molecule has 3 rings (SSSR count). The van der Waals surface area contributed by atoms with Crippen LogP contribution < -0.4 is 31.2 Å². The molecular formula is C26H31N5O4. The predicted molar refractivity (Wildman–Crippen MR) is 137 cm³/mol. The molecule has 0 saturated carbocycles. The average Bonchev–Trinajstić information content (AvgIpc) is 2.86. The van der Waals surface area contributed by atoms with E-state index in [1.54, 1.807) is 13.2 Å². The number of hydrogen-bond donors (Lipinski definition) is 5. The van der Waals surface area contributed by atoms with Crippen molar-refractivity contribution in [3.8, 4) is 11.5 Å². The number of nitrogens with two attached hydrogens (primary N) is 1. The van der Waals surface area contributed by atoms with E-state index in [4.69, 9.17) is 15.2 Å². The second-order valence-corrected chi connectivity index (χ2v) is 7.71. The highest BCUT2D eigenvalue weighted by molar-refractivity contribution is 6.04. The molecule has 35 heavy (non-hydrogen) atoms. The van der Waals surface area contributed by atoms with Gasteiger partial charge >= 0.3 is 6.03 Å². The number of amides is 2. The number of primary amides is 1. The molecule has 0 bridgehead atoms. The van der Waals surface area contributed by atoms with E-state index >= 15 is 0 Å². The Morgan fingerprint density at radius 2 is 1.77 bits per heavy atom. The van der Waals surface area contributed by atoms with E-state index in [2.05, 4.69) is 20.9 Å². The van der Waals surface area contributed by atoms with Crippen molar-refractivity contribution in [2.75, 3.05) is 32.1 Å². The third kappa shape index (κ3) is 9.36. The van der Waals surface area contributed by atoms with Gasteiger partial charge < -0.3 is 30.9 Å². The minimum Gasteiger partial charge on any atom is -0.497 e. The summed E-state index contributed by atoms with van der Waals surface area (Å²) in [7, 11) is 1.58. The van der Waals surface area contributed by atoms with Crippen molar-refractivity contribution < 1.29 is 19.4 Å². The fourth-order valence-corrected chi connectivity index (χ4v) is 3.18. The molecule has 0 aliphatic carbocycles. The molecule has 0 spiro atoms. The van der Waals surface area contributed by atoms with E-state index in [9.17, 15) is 9.90 Å². The zero-order chi connectivity index (χ0) is 24.9. The smallest absolute Gasteiger partial charge is 0.318 e. The normalized spacial score (nSPS) is 12.0. The topological polar surface area (TPSA) is 130 Å². The van der Waals surface area contributed by atoms with Crippen LogP contribution in [0.25, 0.3) is 0 Å². The van der Waals surface area contributed by atoms with Crippen LogP contribution in [0.5, 0.6) is 11.5 Å². The number of nitrogens with zero attached hydrogens (tertiary/aromatic N) is 1. The van der Waals surface area contributed by atoms with Gasteiger partial charge in [-0.25, -0.2) is 9.79 Å². The first-order valence-corrected chi connectivity index (χ1v) is 11.2. The Balaban J connectivity index is 1.47. The molecule has 0 radical (unpaired) electrons. The number of urea groups is 1. The summed E-state index contributed by atoms with van der Waals surface area (Å²) < 4.78 is 10.8. The minimum absolute atomic E-state index is 0.201. The first-order chi connectivity index (χ1) is 17.0. The Labute approximate surface area is 205 Å². The lowest BCUT2D eigenvalue weighted by atomic mass is 10.1. The highest BCUT2D eigenvalue weighted by atomic mass is 16.5. The van der Waals surface area contributed by atoms with Gasteiger partial charge in [0.05, 0.1) is 12.8 Å². The number of para-hydroxylation sites is 1. The third-order valence-electron chi connectivity index (χ3n) is 4.91. The number of carbonyl (C=O) groups excluding carboxylic acids is 1. The Bertz CT molecular complexity index is 1090. The van der Waals surface area contributed by atoms with Crippen LogP contribution >= 0.6 is 0 Å². The fourth-order valence-electron chi connectivity index (χ4n) is 3.18. The lowest BCUT2D eigenvalue weighted by molar-refractivity contribution is 0.106. The molecule has 0 aliphatic heterocycles. The quantitative estimate of drug-likeness (QED) is 0.164. The Morgan fingerprint density at radius 1 is 1.03 bits per heavy atom. The molecule has 3 aromatic carbocycles. The van der Waals surface area contributed by atoms with Crippen LogP contribution in [0.1, 0.15) is 5.56 Å².